The van der Waals surface area contributed by atoms with Crippen LogP contribution in [0.4, 0.5) is 0 Å². The van der Waals surface area contributed by atoms with E-state index in [0.717, 1.165) is 0 Å². The molecule has 0 fully saturated rings. The largest absolute Gasteiger partial charge is 0.497 e. The van der Waals surface area contributed by atoms with Crippen molar-refractivity contribution in [3.63, 3.8) is 0 Å². The van der Waals surface area contributed by atoms with Crippen LogP contribution in [-0.4, -0.2) is 34.4 Å². The maximum absolute atomic E-state index is 12.7. The lowest BCUT2D eigenvalue weighted by molar-refractivity contribution is 0.0748. The third-order valence-corrected chi connectivity index (χ3v) is 4.01. The number of aromatic nitrogens is 2. The van der Waals surface area contributed by atoms with Crippen LogP contribution in [0.3, 0.4) is 0 Å². The second kappa shape index (κ2) is 7.17. The number of rotatable bonds is 5. The van der Waals surface area contributed by atoms with E-state index < -0.39 is 0 Å². The second-order valence-electron chi connectivity index (χ2n) is 5.58. The van der Waals surface area contributed by atoms with Gasteiger partial charge in [-0.1, -0.05) is 12.1 Å². The van der Waals surface area contributed by atoms with E-state index in [1.54, 1.807) is 54.5 Å². The molecule has 3 rings (SSSR count). The number of nitrogens with zero attached hydrogens (tertiary/aromatic N) is 2. The van der Waals surface area contributed by atoms with E-state index in [1.807, 2.05) is 13.0 Å². The first-order valence-corrected chi connectivity index (χ1v) is 8.03. The van der Waals surface area contributed by atoms with E-state index in [2.05, 4.69) is 9.97 Å². The Balaban J connectivity index is 1.86. The van der Waals surface area contributed by atoms with Crippen LogP contribution in [0.15, 0.2) is 53.3 Å². The fourth-order valence-electron chi connectivity index (χ4n) is 2.63. The van der Waals surface area contributed by atoms with Crippen molar-refractivity contribution in [3.05, 3.63) is 70.3 Å². The highest BCUT2D eigenvalue weighted by Crippen LogP contribution is 2.14. The molecule has 1 N–H and O–H groups in total. The quantitative estimate of drug-likeness (QED) is 0.776. The van der Waals surface area contributed by atoms with Gasteiger partial charge in [0.1, 0.15) is 11.6 Å². The number of hydrogen-bond acceptors (Lipinski definition) is 4. The number of fused-ring (bicyclic) bond motifs is 1. The first-order valence-electron chi connectivity index (χ1n) is 8.03. The molecule has 0 saturated carbocycles. The van der Waals surface area contributed by atoms with Crippen LogP contribution in [0.5, 0.6) is 5.75 Å². The van der Waals surface area contributed by atoms with Gasteiger partial charge in [0, 0.05) is 12.1 Å². The van der Waals surface area contributed by atoms with Gasteiger partial charge in [-0.3, -0.25) is 9.59 Å². The van der Waals surface area contributed by atoms with Crippen LogP contribution in [0, 0.1) is 0 Å². The number of methoxy groups -OCH3 is 1. The van der Waals surface area contributed by atoms with E-state index in [0.29, 0.717) is 34.6 Å². The molecule has 0 unspecified atom stereocenters. The molecule has 1 heterocycles. The Morgan fingerprint density at radius 2 is 1.88 bits per heavy atom. The molecule has 0 aliphatic carbocycles. The predicted molar refractivity (Wildman–Crippen MR) is 95.8 cm³/mol. The Bertz CT molecular complexity index is 948. The minimum Gasteiger partial charge on any atom is -0.497 e. The van der Waals surface area contributed by atoms with Crippen molar-refractivity contribution in [2.75, 3.05) is 13.7 Å². The number of nitrogens with one attached hydrogen (secondary N) is 1. The summed E-state index contributed by atoms with van der Waals surface area (Å²) in [6, 6.07) is 14.1. The van der Waals surface area contributed by atoms with Crippen molar-refractivity contribution in [1.29, 1.82) is 0 Å². The Hall–Kier alpha value is -3.15. The topological polar surface area (TPSA) is 75.3 Å². The summed E-state index contributed by atoms with van der Waals surface area (Å²) in [5.74, 6) is 1.04. The van der Waals surface area contributed by atoms with Crippen LogP contribution in [-0.2, 0) is 6.54 Å². The average molecular weight is 337 g/mol. The van der Waals surface area contributed by atoms with Gasteiger partial charge in [-0.15, -0.1) is 0 Å². The summed E-state index contributed by atoms with van der Waals surface area (Å²) in [7, 11) is 1.58. The number of carbonyl (C=O) groups excluding carboxylic acids is 1. The molecule has 2 aromatic carbocycles. The van der Waals surface area contributed by atoms with Crippen molar-refractivity contribution in [3.8, 4) is 5.75 Å². The molecule has 3 aromatic rings. The molecule has 6 heteroatoms. The third-order valence-electron chi connectivity index (χ3n) is 4.01. The average Bonchev–Trinajstić information content (AvgIpc) is 2.65. The molecular formula is C19H19N3O3. The Morgan fingerprint density at radius 1 is 1.16 bits per heavy atom. The smallest absolute Gasteiger partial charge is 0.258 e. The van der Waals surface area contributed by atoms with Crippen molar-refractivity contribution in [2.24, 2.45) is 0 Å². The number of benzene rings is 2. The van der Waals surface area contributed by atoms with Crippen molar-refractivity contribution in [1.82, 2.24) is 14.9 Å². The zero-order valence-corrected chi connectivity index (χ0v) is 14.2. The summed E-state index contributed by atoms with van der Waals surface area (Å²) in [5.41, 5.74) is 0.980. The third kappa shape index (κ3) is 3.52. The minimum absolute atomic E-state index is 0.124. The van der Waals surface area contributed by atoms with E-state index >= 15 is 0 Å². The summed E-state index contributed by atoms with van der Waals surface area (Å²) in [4.78, 5) is 33.7. The molecule has 0 atom stereocenters. The number of hydrogen-bond donors (Lipinski definition) is 1. The first-order chi connectivity index (χ1) is 12.1. The van der Waals surface area contributed by atoms with Gasteiger partial charge in [0.15, 0.2) is 0 Å². The molecule has 1 aromatic heterocycles. The van der Waals surface area contributed by atoms with Crippen LogP contribution >= 0.6 is 0 Å². The zero-order valence-electron chi connectivity index (χ0n) is 14.2. The normalized spacial score (nSPS) is 10.6. The van der Waals surface area contributed by atoms with E-state index in [4.69, 9.17) is 4.74 Å². The Kier molecular flexibility index (Phi) is 4.79. The molecule has 6 nitrogen and oxygen atoms in total. The second-order valence-corrected chi connectivity index (χ2v) is 5.58. The molecule has 0 aliphatic rings. The fraction of sp³-hybridized carbons (Fsp3) is 0.211. The monoisotopic (exact) mass is 337 g/mol. The van der Waals surface area contributed by atoms with Crippen LogP contribution in [0.2, 0.25) is 0 Å². The SMILES string of the molecule is CCN(Cc1nc2ccccc2c(=O)[nH]1)C(=O)c1ccc(OC)cc1. The molecule has 0 aliphatic heterocycles. The maximum atomic E-state index is 12.7. The fourth-order valence-corrected chi connectivity index (χ4v) is 2.63. The van der Waals surface area contributed by atoms with Crippen LogP contribution < -0.4 is 10.3 Å². The van der Waals surface area contributed by atoms with Gasteiger partial charge in [-0.05, 0) is 43.3 Å². The highest BCUT2D eigenvalue weighted by molar-refractivity contribution is 5.94. The summed E-state index contributed by atoms with van der Waals surface area (Å²) >= 11 is 0. The van der Waals surface area contributed by atoms with Gasteiger partial charge >= 0.3 is 0 Å². The van der Waals surface area contributed by atoms with Crippen molar-refractivity contribution in [2.45, 2.75) is 13.5 Å². The molecule has 25 heavy (non-hydrogen) atoms. The van der Waals surface area contributed by atoms with Gasteiger partial charge in [0.25, 0.3) is 11.5 Å². The minimum atomic E-state index is -0.200. The summed E-state index contributed by atoms with van der Waals surface area (Å²) in [6.45, 7) is 2.63. The highest BCUT2D eigenvalue weighted by Gasteiger charge is 2.16. The highest BCUT2D eigenvalue weighted by atomic mass is 16.5. The lowest BCUT2D eigenvalue weighted by Gasteiger charge is -2.20. The van der Waals surface area contributed by atoms with E-state index in [-0.39, 0.29) is 18.0 Å². The summed E-state index contributed by atoms with van der Waals surface area (Å²) in [5, 5.41) is 0.538. The summed E-state index contributed by atoms with van der Waals surface area (Å²) in [6.07, 6.45) is 0. The van der Waals surface area contributed by atoms with Gasteiger partial charge in [-0.25, -0.2) is 4.98 Å². The summed E-state index contributed by atoms with van der Waals surface area (Å²) < 4.78 is 5.11. The Morgan fingerprint density at radius 3 is 2.56 bits per heavy atom. The molecule has 0 saturated heterocycles. The standard InChI is InChI=1S/C19H19N3O3/c1-3-22(19(24)13-8-10-14(25-2)11-9-13)12-17-20-16-7-5-4-6-15(16)18(23)21-17/h4-11H,3,12H2,1-2H3,(H,20,21,23). The molecule has 0 radical (unpaired) electrons. The van der Waals surface area contributed by atoms with Crippen LogP contribution in [0.1, 0.15) is 23.1 Å². The number of ether oxygens (including phenoxy) is 1. The first kappa shape index (κ1) is 16.7. The van der Waals surface area contributed by atoms with Gasteiger partial charge in [0.2, 0.25) is 0 Å². The number of carbonyl (C=O) groups is 1. The Labute approximate surface area is 145 Å². The molecule has 128 valence electrons. The predicted octanol–water partition coefficient (Wildman–Crippen LogP) is 2.59. The molecule has 0 bridgehead atoms. The zero-order chi connectivity index (χ0) is 17.8. The lowest BCUT2D eigenvalue weighted by Crippen LogP contribution is -2.31. The lowest BCUT2D eigenvalue weighted by atomic mass is 10.2. The number of aromatic amines is 1. The van der Waals surface area contributed by atoms with Gasteiger partial charge < -0.3 is 14.6 Å². The molecular weight excluding hydrogens is 318 g/mol. The molecule has 0 spiro atoms. The number of H-pyrrole nitrogens is 1. The van der Waals surface area contributed by atoms with Crippen LogP contribution in [0.25, 0.3) is 10.9 Å². The molecule has 1 amide bonds. The van der Waals surface area contributed by atoms with E-state index in [1.165, 1.54) is 0 Å². The van der Waals surface area contributed by atoms with Crippen molar-refractivity contribution < 1.29 is 9.53 Å². The maximum Gasteiger partial charge on any atom is 0.258 e. The van der Waals surface area contributed by atoms with Gasteiger partial charge in [-0.2, -0.15) is 0 Å². The number of para-hydroxylation sites is 1. The van der Waals surface area contributed by atoms with Gasteiger partial charge in [0.05, 0.1) is 24.6 Å². The number of amides is 1. The van der Waals surface area contributed by atoms with E-state index in [9.17, 15) is 9.59 Å². The van der Waals surface area contributed by atoms with Crippen molar-refractivity contribution >= 4 is 16.8 Å².